The molecule has 124 valence electrons. The van der Waals surface area contributed by atoms with Crippen molar-refractivity contribution in [2.24, 2.45) is 0 Å². The molecule has 24 heavy (non-hydrogen) atoms. The van der Waals surface area contributed by atoms with Crippen molar-refractivity contribution in [3.63, 3.8) is 0 Å². The molecule has 3 amide bonds. The summed E-state index contributed by atoms with van der Waals surface area (Å²) in [6.45, 7) is 0.0921. The Balaban J connectivity index is 1.64. The van der Waals surface area contributed by atoms with Gasteiger partial charge in [0, 0.05) is 36.9 Å². The molecule has 7 nitrogen and oxygen atoms in total. The summed E-state index contributed by atoms with van der Waals surface area (Å²) in [5, 5.41) is 7.46. The Bertz CT molecular complexity index is 786. The van der Waals surface area contributed by atoms with Crippen LogP contribution in [0.2, 0.25) is 5.02 Å². The smallest absolute Gasteiger partial charge is 0.229 e. The van der Waals surface area contributed by atoms with Gasteiger partial charge in [-0.25, -0.2) is 4.68 Å². The van der Waals surface area contributed by atoms with Gasteiger partial charge in [-0.05, 0) is 18.2 Å². The molecular weight excluding hydrogens is 332 g/mol. The number of nitrogens with zero attached hydrogens (tertiary/aromatic N) is 3. The molecule has 1 aliphatic heterocycles. The van der Waals surface area contributed by atoms with Gasteiger partial charge >= 0.3 is 0 Å². The molecule has 0 spiro atoms. The fraction of sp³-hybridized carbons (Fsp3) is 0.250. The topological polar surface area (TPSA) is 84.3 Å². The maximum absolute atomic E-state index is 12.1. The summed E-state index contributed by atoms with van der Waals surface area (Å²) < 4.78 is 1.55. The zero-order valence-corrected chi connectivity index (χ0v) is 13.5. The van der Waals surface area contributed by atoms with Crippen LogP contribution in [0.4, 0.5) is 5.82 Å². The van der Waals surface area contributed by atoms with Gasteiger partial charge in [0.15, 0.2) is 0 Å². The van der Waals surface area contributed by atoms with Crippen LogP contribution in [0.1, 0.15) is 19.3 Å². The Morgan fingerprint density at radius 1 is 1.21 bits per heavy atom. The van der Waals surface area contributed by atoms with E-state index in [1.54, 1.807) is 35.1 Å². The second kappa shape index (κ2) is 6.84. The number of rotatable bonds is 5. The highest BCUT2D eigenvalue weighted by molar-refractivity contribution is 6.30. The molecule has 0 aliphatic carbocycles. The number of likely N-dealkylation sites (tertiary alicyclic amines) is 1. The zero-order chi connectivity index (χ0) is 17.1. The number of amides is 3. The Hall–Kier alpha value is -2.67. The Morgan fingerprint density at radius 3 is 2.67 bits per heavy atom. The number of carbonyl (C=O) groups excluding carboxylic acids is 3. The first kappa shape index (κ1) is 16.2. The fourth-order valence-corrected chi connectivity index (χ4v) is 2.69. The largest absolute Gasteiger partial charge is 0.311 e. The average molecular weight is 347 g/mol. The van der Waals surface area contributed by atoms with E-state index >= 15 is 0 Å². The van der Waals surface area contributed by atoms with Crippen LogP contribution >= 0.6 is 11.6 Å². The van der Waals surface area contributed by atoms with Crippen LogP contribution in [0.15, 0.2) is 36.5 Å². The molecule has 8 heteroatoms. The maximum atomic E-state index is 12.1. The minimum Gasteiger partial charge on any atom is -0.311 e. The van der Waals surface area contributed by atoms with Gasteiger partial charge in [-0.3, -0.25) is 19.3 Å². The highest BCUT2D eigenvalue weighted by Gasteiger charge is 2.28. The molecule has 2 heterocycles. The first-order chi connectivity index (χ1) is 11.5. The summed E-state index contributed by atoms with van der Waals surface area (Å²) in [5.41, 5.74) is 0.715. The van der Waals surface area contributed by atoms with Gasteiger partial charge in [0.05, 0.1) is 11.9 Å². The quantitative estimate of drug-likeness (QED) is 0.839. The van der Waals surface area contributed by atoms with Crippen molar-refractivity contribution < 1.29 is 14.4 Å². The summed E-state index contributed by atoms with van der Waals surface area (Å²) >= 11 is 5.97. The third-order valence-corrected chi connectivity index (χ3v) is 3.92. The van der Waals surface area contributed by atoms with Gasteiger partial charge in [0.2, 0.25) is 17.7 Å². The molecule has 0 atom stereocenters. The fourth-order valence-electron chi connectivity index (χ4n) is 2.50. The molecule has 0 unspecified atom stereocenters. The summed E-state index contributed by atoms with van der Waals surface area (Å²) in [5.74, 6) is -0.263. The van der Waals surface area contributed by atoms with Gasteiger partial charge in [-0.15, -0.1) is 0 Å². The molecule has 1 N–H and O–H groups in total. The first-order valence-electron chi connectivity index (χ1n) is 7.47. The summed E-state index contributed by atoms with van der Waals surface area (Å²) in [4.78, 5) is 36.3. The average Bonchev–Trinajstić information content (AvgIpc) is 3.13. The van der Waals surface area contributed by atoms with E-state index in [1.165, 1.54) is 0 Å². The number of hydrogen-bond donors (Lipinski definition) is 1. The number of carbonyl (C=O) groups is 3. The van der Waals surface area contributed by atoms with Crippen LogP contribution in [0, 0.1) is 0 Å². The lowest BCUT2D eigenvalue weighted by molar-refractivity contribution is -0.138. The van der Waals surface area contributed by atoms with E-state index < -0.39 is 0 Å². The lowest BCUT2D eigenvalue weighted by Crippen LogP contribution is -2.32. The minimum absolute atomic E-state index is 0.0399. The van der Waals surface area contributed by atoms with E-state index in [4.69, 9.17) is 11.6 Å². The molecule has 1 aromatic carbocycles. The van der Waals surface area contributed by atoms with Crippen molar-refractivity contribution in [3.8, 4) is 5.69 Å². The molecule has 3 rings (SSSR count). The van der Waals surface area contributed by atoms with Crippen LogP contribution in [0.3, 0.4) is 0 Å². The van der Waals surface area contributed by atoms with Crippen LogP contribution < -0.4 is 5.32 Å². The SMILES string of the molecule is O=C(CCN1C(=O)CCC1=O)Nc1ccnn1-c1cccc(Cl)c1. The summed E-state index contributed by atoms with van der Waals surface area (Å²) in [6, 6.07) is 8.74. The lowest BCUT2D eigenvalue weighted by Gasteiger charge is -2.13. The molecule has 1 aliphatic rings. The monoisotopic (exact) mass is 346 g/mol. The van der Waals surface area contributed by atoms with Crippen molar-refractivity contribution in [3.05, 3.63) is 41.6 Å². The molecule has 1 fully saturated rings. The van der Waals surface area contributed by atoms with Gasteiger partial charge < -0.3 is 5.32 Å². The Labute approximate surface area is 143 Å². The number of benzene rings is 1. The minimum atomic E-state index is -0.300. The highest BCUT2D eigenvalue weighted by Crippen LogP contribution is 2.19. The van der Waals surface area contributed by atoms with E-state index in [0.717, 1.165) is 4.90 Å². The number of halogens is 1. The second-order valence-corrected chi connectivity index (χ2v) is 5.78. The van der Waals surface area contributed by atoms with E-state index in [-0.39, 0.29) is 43.5 Å². The van der Waals surface area contributed by atoms with Crippen LogP contribution in [-0.2, 0) is 14.4 Å². The Kier molecular flexibility index (Phi) is 4.61. The molecule has 1 saturated heterocycles. The van der Waals surface area contributed by atoms with E-state index in [9.17, 15) is 14.4 Å². The van der Waals surface area contributed by atoms with Gasteiger partial charge in [0.1, 0.15) is 5.82 Å². The van der Waals surface area contributed by atoms with Crippen molar-refractivity contribution in [1.29, 1.82) is 0 Å². The second-order valence-electron chi connectivity index (χ2n) is 5.35. The van der Waals surface area contributed by atoms with Crippen molar-refractivity contribution >= 4 is 35.1 Å². The molecular formula is C16H15ClN4O3. The molecule has 1 aromatic heterocycles. The summed E-state index contributed by atoms with van der Waals surface area (Å²) in [6.07, 6.45) is 2.05. The predicted octanol–water partition coefficient (Wildman–Crippen LogP) is 2.00. The maximum Gasteiger partial charge on any atom is 0.229 e. The molecule has 0 saturated carbocycles. The number of hydrogen-bond acceptors (Lipinski definition) is 4. The van der Waals surface area contributed by atoms with Crippen molar-refractivity contribution in [1.82, 2.24) is 14.7 Å². The van der Waals surface area contributed by atoms with Gasteiger partial charge in [-0.2, -0.15) is 5.10 Å². The molecule has 0 radical (unpaired) electrons. The molecule has 0 bridgehead atoms. The van der Waals surface area contributed by atoms with Gasteiger partial charge in [-0.1, -0.05) is 17.7 Å². The highest BCUT2D eigenvalue weighted by atomic mass is 35.5. The number of aromatic nitrogens is 2. The van der Waals surface area contributed by atoms with Crippen molar-refractivity contribution in [2.75, 3.05) is 11.9 Å². The third-order valence-electron chi connectivity index (χ3n) is 3.68. The third kappa shape index (κ3) is 3.46. The normalized spacial score (nSPS) is 14.3. The van der Waals surface area contributed by atoms with E-state index in [2.05, 4.69) is 10.4 Å². The van der Waals surface area contributed by atoms with Crippen molar-refractivity contribution in [2.45, 2.75) is 19.3 Å². The predicted molar refractivity (Wildman–Crippen MR) is 87.8 cm³/mol. The molecule has 2 aromatic rings. The van der Waals surface area contributed by atoms with Crippen LogP contribution in [0.5, 0.6) is 0 Å². The van der Waals surface area contributed by atoms with Crippen LogP contribution in [-0.4, -0.2) is 38.9 Å². The first-order valence-corrected chi connectivity index (χ1v) is 7.85. The zero-order valence-electron chi connectivity index (χ0n) is 12.7. The standard InChI is InChI=1S/C16H15ClN4O3/c17-11-2-1-3-12(10-11)21-13(6-8-18-21)19-14(22)7-9-20-15(23)4-5-16(20)24/h1-3,6,8,10H,4-5,7,9H2,(H,19,22). The Morgan fingerprint density at radius 2 is 1.96 bits per heavy atom. The number of anilines is 1. The van der Waals surface area contributed by atoms with E-state index in [1.807, 2.05) is 6.07 Å². The van der Waals surface area contributed by atoms with E-state index in [0.29, 0.717) is 16.5 Å². The van der Waals surface area contributed by atoms with Crippen LogP contribution in [0.25, 0.3) is 5.69 Å². The lowest BCUT2D eigenvalue weighted by atomic mass is 10.3. The summed E-state index contributed by atoms with van der Waals surface area (Å²) in [7, 11) is 0. The number of imide groups is 1. The number of nitrogens with one attached hydrogen (secondary N) is 1. The van der Waals surface area contributed by atoms with Gasteiger partial charge in [0.25, 0.3) is 0 Å².